The molecule has 0 radical (unpaired) electrons. The Balaban J connectivity index is 1.51. The molecule has 5 heteroatoms. The summed E-state index contributed by atoms with van der Waals surface area (Å²) >= 11 is 0. The van der Waals surface area contributed by atoms with Crippen LogP contribution in [-0.2, 0) is 4.79 Å². The van der Waals surface area contributed by atoms with E-state index >= 15 is 0 Å². The van der Waals surface area contributed by atoms with E-state index in [4.69, 9.17) is 4.99 Å². The first-order chi connectivity index (χ1) is 15.9. The van der Waals surface area contributed by atoms with Gasteiger partial charge in [0.1, 0.15) is 12.2 Å². The minimum Gasteiger partial charge on any atom is -0.360 e. The van der Waals surface area contributed by atoms with Crippen LogP contribution in [0.15, 0.2) is 58.5 Å². The molecule has 2 atom stereocenters. The third-order valence-corrected chi connectivity index (χ3v) is 6.86. The third-order valence-electron chi connectivity index (χ3n) is 6.86. The first-order valence-corrected chi connectivity index (χ1v) is 12.5. The van der Waals surface area contributed by atoms with Gasteiger partial charge < -0.3 is 9.80 Å². The fraction of sp³-hybridized carbons (Fsp3) is 0.536. The van der Waals surface area contributed by atoms with Gasteiger partial charge in [-0.15, -0.1) is 0 Å². The highest BCUT2D eigenvalue weighted by atomic mass is 16.2. The number of hydrogen-bond donors (Lipinski definition) is 0. The first-order valence-electron chi connectivity index (χ1n) is 12.5. The van der Waals surface area contributed by atoms with Crippen LogP contribution in [-0.4, -0.2) is 60.6 Å². The maximum atomic E-state index is 13.7. The molecule has 0 saturated carbocycles. The Hall–Kier alpha value is -2.69. The molecule has 3 aliphatic rings. The van der Waals surface area contributed by atoms with Gasteiger partial charge in [-0.05, 0) is 36.8 Å². The summed E-state index contributed by atoms with van der Waals surface area (Å²) in [6.07, 6.45) is 12.6. The van der Waals surface area contributed by atoms with Crippen molar-refractivity contribution in [3.8, 4) is 0 Å². The molecule has 1 fully saturated rings. The van der Waals surface area contributed by atoms with E-state index in [1.165, 1.54) is 30.4 Å². The van der Waals surface area contributed by atoms with Gasteiger partial charge in [0.2, 0.25) is 5.91 Å². The van der Waals surface area contributed by atoms with Crippen molar-refractivity contribution in [3.05, 3.63) is 54.1 Å². The lowest BCUT2D eigenvalue weighted by Crippen LogP contribution is -2.48. The van der Waals surface area contributed by atoms with Crippen molar-refractivity contribution in [3.63, 3.8) is 0 Å². The van der Waals surface area contributed by atoms with Crippen LogP contribution in [0, 0.1) is 17.3 Å². The summed E-state index contributed by atoms with van der Waals surface area (Å²) in [5.74, 6) is 1.37. The number of likely N-dealkylation sites (tertiary alicyclic amines) is 1. The molecule has 1 saturated heterocycles. The van der Waals surface area contributed by atoms with Crippen LogP contribution in [0.4, 0.5) is 0 Å². The van der Waals surface area contributed by atoms with E-state index in [0.717, 1.165) is 25.3 Å². The van der Waals surface area contributed by atoms with Gasteiger partial charge in [-0.2, -0.15) is 0 Å². The monoisotopic (exact) mass is 446 g/mol. The number of carbonyl (C=O) groups is 1. The van der Waals surface area contributed by atoms with E-state index in [-0.39, 0.29) is 23.2 Å². The minimum absolute atomic E-state index is 0.0898. The maximum absolute atomic E-state index is 13.7. The lowest BCUT2D eigenvalue weighted by Gasteiger charge is -2.38. The smallest absolute Gasteiger partial charge is 0.229 e. The summed E-state index contributed by atoms with van der Waals surface area (Å²) in [6, 6.07) is 10.4. The summed E-state index contributed by atoms with van der Waals surface area (Å²) in [7, 11) is 0. The number of allylic oxidation sites excluding steroid dienone is 3. The quantitative estimate of drug-likeness (QED) is 0.637. The molecule has 1 aliphatic carbocycles. The molecule has 176 valence electrons. The molecule has 2 aliphatic heterocycles. The van der Waals surface area contributed by atoms with E-state index in [1.54, 1.807) is 6.34 Å². The summed E-state index contributed by atoms with van der Waals surface area (Å²) in [5, 5.41) is 0. The molecule has 5 nitrogen and oxygen atoms in total. The van der Waals surface area contributed by atoms with Crippen LogP contribution in [0.2, 0.25) is 0 Å². The normalized spacial score (nSPS) is 25.9. The Kier molecular flexibility index (Phi) is 7.46. The van der Waals surface area contributed by atoms with Gasteiger partial charge in [-0.1, -0.05) is 69.3 Å². The molecular formula is C28H38N4O. The number of benzene rings is 1. The zero-order chi connectivity index (χ0) is 23.3. The lowest BCUT2D eigenvalue weighted by atomic mass is 9.89. The van der Waals surface area contributed by atoms with E-state index in [9.17, 15) is 4.79 Å². The number of carbonyl (C=O) groups excluding carboxylic acids is 1. The van der Waals surface area contributed by atoms with Crippen LogP contribution in [0.3, 0.4) is 0 Å². The maximum Gasteiger partial charge on any atom is 0.229 e. The molecule has 1 aromatic rings. The van der Waals surface area contributed by atoms with E-state index in [1.807, 2.05) is 6.07 Å². The topological polar surface area (TPSA) is 48.3 Å². The predicted molar refractivity (Wildman–Crippen MR) is 137 cm³/mol. The standard InChI is InChI=1S/C28H38N4O/c1-22-18-32(27(33)25-14-12-24(13-15-25)23-10-6-4-7-11-23)20-28(2,3)19-29-21-30-26(22)31-16-8-5-9-17-31/h4,6-7,10-14,21-22,25H,5,8-9,15-20H2,1-3H3. The van der Waals surface area contributed by atoms with Crippen molar-refractivity contribution in [1.29, 1.82) is 0 Å². The van der Waals surface area contributed by atoms with E-state index in [0.29, 0.717) is 19.6 Å². The van der Waals surface area contributed by atoms with Crippen molar-refractivity contribution in [2.24, 2.45) is 27.2 Å². The van der Waals surface area contributed by atoms with Gasteiger partial charge in [-0.25, -0.2) is 4.99 Å². The number of amidine groups is 1. The highest BCUT2D eigenvalue weighted by Gasteiger charge is 2.32. The number of aliphatic imine (C=N–C) groups is 2. The molecular weight excluding hydrogens is 408 g/mol. The molecule has 1 amide bonds. The van der Waals surface area contributed by atoms with Crippen LogP contribution in [0.25, 0.3) is 5.57 Å². The lowest BCUT2D eigenvalue weighted by molar-refractivity contribution is -0.135. The number of hydrogen-bond acceptors (Lipinski definition) is 4. The highest BCUT2D eigenvalue weighted by Crippen LogP contribution is 2.28. The molecule has 0 spiro atoms. The molecule has 33 heavy (non-hydrogen) atoms. The number of nitrogens with zero attached hydrogens (tertiary/aromatic N) is 4. The highest BCUT2D eigenvalue weighted by molar-refractivity contribution is 5.91. The second kappa shape index (κ2) is 10.5. The van der Waals surface area contributed by atoms with Gasteiger partial charge >= 0.3 is 0 Å². The molecule has 0 N–H and O–H groups in total. The van der Waals surface area contributed by atoms with Gasteiger partial charge in [0.15, 0.2) is 0 Å². The first kappa shape index (κ1) is 23.5. The van der Waals surface area contributed by atoms with Crippen LogP contribution in [0.5, 0.6) is 0 Å². The van der Waals surface area contributed by atoms with Gasteiger partial charge in [0.25, 0.3) is 0 Å². The molecule has 4 rings (SSSR count). The van der Waals surface area contributed by atoms with Crippen LogP contribution >= 0.6 is 0 Å². The number of piperidine rings is 1. The summed E-state index contributed by atoms with van der Waals surface area (Å²) in [4.78, 5) is 27.6. The van der Waals surface area contributed by atoms with Gasteiger partial charge in [-0.3, -0.25) is 9.79 Å². The number of rotatable bonds is 2. The second-order valence-electron chi connectivity index (χ2n) is 10.5. The fourth-order valence-electron chi connectivity index (χ4n) is 5.13. The minimum atomic E-state index is -0.109. The zero-order valence-electron chi connectivity index (χ0n) is 20.4. The summed E-state index contributed by atoms with van der Waals surface area (Å²) in [6.45, 7) is 10.8. The van der Waals surface area contributed by atoms with Gasteiger partial charge in [0.05, 0.1) is 5.92 Å². The van der Waals surface area contributed by atoms with Crippen molar-refractivity contribution in [1.82, 2.24) is 9.80 Å². The van der Waals surface area contributed by atoms with Crippen molar-refractivity contribution >= 4 is 23.7 Å². The second-order valence-corrected chi connectivity index (χ2v) is 10.5. The van der Waals surface area contributed by atoms with Crippen molar-refractivity contribution in [2.75, 3.05) is 32.7 Å². The Morgan fingerprint density at radius 2 is 1.85 bits per heavy atom. The molecule has 2 unspecified atom stereocenters. The van der Waals surface area contributed by atoms with E-state index < -0.39 is 0 Å². The molecule has 1 aromatic carbocycles. The van der Waals surface area contributed by atoms with Crippen molar-refractivity contribution in [2.45, 2.75) is 46.5 Å². The number of amides is 1. The SMILES string of the molecule is CC1CN(C(=O)C2C=CC(c3ccccc3)=CC2)CC(C)(C)CN=CN=C1N1CCCCC1. The Labute approximate surface area is 199 Å². The van der Waals surface area contributed by atoms with Crippen LogP contribution in [0.1, 0.15) is 52.0 Å². The van der Waals surface area contributed by atoms with E-state index in [2.05, 4.69) is 78.1 Å². The molecule has 2 heterocycles. The molecule has 0 aromatic heterocycles. The predicted octanol–water partition coefficient (Wildman–Crippen LogP) is 5.06. The summed E-state index contributed by atoms with van der Waals surface area (Å²) in [5.41, 5.74) is 2.31. The third kappa shape index (κ3) is 6.01. The van der Waals surface area contributed by atoms with Gasteiger partial charge in [0, 0.05) is 44.1 Å². The fourth-order valence-corrected chi connectivity index (χ4v) is 5.13. The summed E-state index contributed by atoms with van der Waals surface area (Å²) < 4.78 is 0. The average molecular weight is 447 g/mol. The average Bonchev–Trinajstić information content (AvgIpc) is 2.84. The molecule has 0 bridgehead atoms. The van der Waals surface area contributed by atoms with Crippen LogP contribution < -0.4 is 0 Å². The Bertz CT molecular complexity index is 938. The Morgan fingerprint density at radius 1 is 1.09 bits per heavy atom. The Morgan fingerprint density at radius 3 is 2.55 bits per heavy atom. The largest absolute Gasteiger partial charge is 0.360 e. The zero-order valence-corrected chi connectivity index (χ0v) is 20.4. The van der Waals surface area contributed by atoms with Crippen molar-refractivity contribution < 1.29 is 4.79 Å².